The molecule has 3 aliphatic heterocycles. The van der Waals surface area contributed by atoms with Crippen LogP contribution in [0.5, 0.6) is 5.75 Å². The number of fused-ring (bicyclic) bond motifs is 2. The first kappa shape index (κ1) is 24.1. The Labute approximate surface area is 219 Å². The number of benzene rings is 1. The average molecular weight is 514 g/mol. The number of phenols is 1. The zero-order valence-corrected chi connectivity index (χ0v) is 20.6. The van der Waals surface area contributed by atoms with Gasteiger partial charge in [-0.3, -0.25) is 4.90 Å². The topological polar surface area (TPSA) is 92.4 Å². The summed E-state index contributed by atoms with van der Waals surface area (Å²) in [4.78, 5) is 10.9. The number of hydrogen-bond donors (Lipinski definition) is 1. The maximum atomic E-state index is 13.1. The van der Waals surface area contributed by atoms with E-state index in [1.54, 1.807) is 29.3 Å². The molecule has 2 unspecified atom stereocenters. The highest BCUT2D eigenvalue weighted by atomic mass is 19.3. The maximum absolute atomic E-state index is 13.1. The number of piperazine rings is 1. The summed E-state index contributed by atoms with van der Waals surface area (Å²) >= 11 is 0. The SMILES string of the molecule is N#Cc1ccc(N2C3CCC2CN(c2cnnc(-c4ccccc4O)c2)C3)nc1C#CCN1CC(F)(F)C1. The molecule has 2 atom stereocenters. The van der Waals surface area contributed by atoms with Crippen LogP contribution in [0.4, 0.5) is 20.3 Å². The Morgan fingerprint density at radius 1 is 1.08 bits per heavy atom. The van der Waals surface area contributed by atoms with Gasteiger partial charge in [0.15, 0.2) is 0 Å². The number of rotatable bonds is 4. The molecule has 0 spiro atoms. The molecule has 0 amide bonds. The number of nitriles is 1. The lowest BCUT2D eigenvalue weighted by Crippen LogP contribution is -2.55. The molecule has 10 heteroatoms. The Morgan fingerprint density at radius 2 is 1.84 bits per heavy atom. The summed E-state index contributed by atoms with van der Waals surface area (Å²) in [6.07, 6.45) is 3.77. The lowest BCUT2D eigenvalue weighted by atomic mass is 10.1. The standard InChI is InChI=1S/C28H25F2N7O/c29-28(30)17-35(18-28)11-3-5-24-19(13-31)7-10-27(33-24)37-20-8-9-21(37)16-36(15-20)22-12-25(34-32-14-22)23-4-1-2-6-26(23)38/h1-2,4,6-7,10,12,14,20-21,38H,8-9,11,15-18H2. The van der Waals surface area contributed by atoms with Crippen molar-refractivity contribution in [1.82, 2.24) is 20.1 Å². The molecule has 192 valence electrons. The van der Waals surface area contributed by atoms with Gasteiger partial charge in [-0.15, -0.1) is 0 Å². The molecule has 0 aliphatic carbocycles. The number of alkyl halides is 2. The minimum Gasteiger partial charge on any atom is -0.507 e. The van der Waals surface area contributed by atoms with E-state index in [4.69, 9.17) is 4.98 Å². The van der Waals surface area contributed by atoms with Gasteiger partial charge in [-0.1, -0.05) is 18.1 Å². The minimum absolute atomic E-state index is 0.164. The summed E-state index contributed by atoms with van der Waals surface area (Å²) in [7, 11) is 0. The second-order valence-corrected chi connectivity index (χ2v) is 9.99. The van der Waals surface area contributed by atoms with Gasteiger partial charge in [0.25, 0.3) is 5.92 Å². The first-order valence-electron chi connectivity index (χ1n) is 12.5. The number of phenolic OH excluding ortho intramolecular Hbond substituents is 1. The molecular formula is C28H25F2N7O. The van der Waals surface area contributed by atoms with Crippen molar-refractivity contribution in [3.8, 4) is 34.9 Å². The molecule has 6 rings (SSSR count). The average Bonchev–Trinajstić information content (AvgIpc) is 3.16. The van der Waals surface area contributed by atoms with Gasteiger partial charge in [0.1, 0.15) is 23.3 Å². The fraction of sp³-hybridized carbons (Fsp3) is 0.357. The lowest BCUT2D eigenvalue weighted by molar-refractivity contribution is -0.125. The van der Waals surface area contributed by atoms with Crippen LogP contribution in [-0.4, -0.2) is 75.9 Å². The van der Waals surface area contributed by atoms with Crippen LogP contribution in [0.15, 0.2) is 48.7 Å². The monoisotopic (exact) mass is 513 g/mol. The van der Waals surface area contributed by atoms with Crippen molar-refractivity contribution < 1.29 is 13.9 Å². The zero-order valence-electron chi connectivity index (χ0n) is 20.6. The van der Waals surface area contributed by atoms with Crippen molar-refractivity contribution in [2.75, 3.05) is 42.5 Å². The smallest absolute Gasteiger partial charge is 0.273 e. The summed E-state index contributed by atoms with van der Waals surface area (Å²) in [6, 6.07) is 15.2. The number of aromatic hydroxyl groups is 1. The number of aromatic nitrogens is 3. The van der Waals surface area contributed by atoms with Crippen molar-refractivity contribution in [3.63, 3.8) is 0 Å². The van der Waals surface area contributed by atoms with E-state index in [0.29, 0.717) is 22.5 Å². The number of para-hydroxylation sites is 1. The molecule has 38 heavy (non-hydrogen) atoms. The first-order chi connectivity index (χ1) is 18.4. The van der Waals surface area contributed by atoms with E-state index in [2.05, 4.69) is 37.9 Å². The first-order valence-corrected chi connectivity index (χ1v) is 12.5. The quantitative estimate of drug-likeness (QED) is 0.532. The van der Waals surface area contributed by atoms with Crippen LogP contribution < -0.4 is 9.80 Å². The minimum atomic E-state index is -2.63. The highest BCUT2D eigenvalue weighted by Crippen LogP contribution is 2.37. The Hall–Kier alpha value is -4.28. The van der Waals surface area contributed by atoms with E-state index in [1.807, 2.05) is 24.3 Å². The van der Waals surface area contributed by atoms with Gasteiger partial charge in [0.05, 0.1) is 42.8 Å². The van der Waals surface area contributed by atoms with Crippen LogP contribution in [0.2, 0.25) is 0 Å². The van der Waals surface area contributed by atoms with Crippen molar-refractivity contribution in [3.05, 3.63) is 59.9 Å². The van der Waals surface area contributed by atoms with Gasteiger partial charge >= 0.3 is 0 Å². The number of halogens is 2. The van der Waals surface area contributed by atoms with E-state index in [0.717, 1.165) is 37.4 Å². The fourth-order valence-electron chi connectivity index (χ4n) is 5.57. The van der Waals surface area contributed by atoms with Crippen LogP contribution in [-0.2, 0) is 0 Å². The largest absolute Gasteiger partial charge is 0.507 e. The molecule has 3 saturated heterocycles. The molecule has 3 aliphatic rings. The number of nitrogens with zero attached hydrogens (tertiary/aromatic N) is 7. The summed E-state index contributed by atoms with van der Waals surface area (Å²) in [5.41, 5.74) is 2.96. The van der Waals surface area contributed by atoms with Gasteiger partial charge < -0.3 is 14.9 Å². The predicted molar refractivity (Wildman–Crippen MR) is 138 cm³/mol. The number of pyridine rings is 1. The fourth-order valence-corrected chi connectivity index (χ4v) is 5.57. The third kappa shape index (κ3) is 4.59. The normalized spacial score (nSPS) is 21.8. The Kier molecular flexibility index (Phi) is 6.05. The van der Waals surface area contributed by atoms with E-state index in [1.165, 1.54) is 0 Å². The van der Waals surface area contributed by atoms with E-state index < -0.39 is 5.92 Å². The molecule has 1 aromatic carbocycles. The lowest BCUT2D eigenvalue weighted by Gasteiger charge is -2.42. The highest BCUT2D eigenvalue weighted by Gasteiger charge is 2.43. The molecular weight excluding hydrogens is 488 g/mol. The zero-order chi connectivity index (χ0) is 26.3. The van der Waals surface area contributed by atoms with E-state index in [9.17, 15) is 19.1 Å². The molecule has 2 bridgehead atoms. The van der Waals surface area contributed by atoms with Crippen molar-refractivity contribution in [2.45, 2.75) is 30.8 Å². The van der Waals surface area contributed by atoms with Crippen molar-refractivity contribution in [1.29, 1.82) is 5.26 Å². The van der Waals surface area contributed by atoms with E-state index in [-0.39, 0.29) is 37.5 Å². The third-order valence-corrected chi connectivity index (χ3v) is 7.35. The van der Waals surface area contributed by atoms with Crippen LogP contribution in [0.1, 0.15) is 24.1 Å². The molecule has 0 radical (unpaired) electrons. The molecule has 0 saturated carbocycles. The Bertz CT molecular complexity index is 1460. The van der Waals surface area contributed by atoms with Crippen molar-refractivity contribution >= 4 is 11.5 Å². The Balaban J connectivity index is 1.20. The van der Waals surface area contributed by atoms with Crippen LogP contribution >= 0.6 is 0 Å². The maximum Gasteiger partial charge on any atom is 0.273 e. The van der Waals surface area contributed by atoms with Gasteiger partial charge in [-0.25, -0.2) is 13.8 Å². The number of hydrogen-bond acceptors (Lipinski definition) is 8. The summed E-state index contributed by atoms with van der Waals surface area (Å²) in [6.45, 7) is 1.20. The van der Waals surface area contributed by atoms with Gasteiger partial charge in [0.2, 0.25) is 0 Å². The molecule has 2 aromatic heterocycles. The number of likely N-dealkylation sites (tertiary alicyclic amines) is 1. The molecule has 3 fully saturated rings. The summed E-state index contributed by atoms with van der Waals surface area (Å²) in [5.74, 6) is 4.16. The Morgan fingerprint density at radius 3 is 2.55 bits per heavy atom. The summed E-state index contributed by atoms with van der Waals surface area (Å²) < 4.78 is 26.1. The van der Waals surface area contributed by atoms with Crippen LogP contribution in [0.3, 0.4) is 0 Å². The van der Waals surface area contributed by atoms with Gasteiger partial charge in [-0.05, 0) is 49.1 Å². The second kappa shape index (κ2) is 9.55. The van der Waals surface area contributed by atoms with Crippen LogP contribution in [0.25, 0.3) is 11.3 Å². The summed E-state index contributed by atoms with van der Waals surface area (Å²) in [5, 5.41) is 28.2. The molecule has 8 nitrogen and oxygen atoms in total. The van der Waals surface area contributed by atoms with Crippen molar-refractivity contribution in [2.24, 2.45) is 0 Å². The highest BCUT2D eigenvalue weighted by molar-refractivity contribution is 5.69. The van der Waals surface area contributed by atoms with Gasteiger partial charge in [-0.2, -0.15) is 15.5 Å². The molecule has 5 heterocycles. The molecule has 3 aromatic rings. The van der Waals surface area contributed by atoms with Gasteiger partial charge in [0, 0.05) is 30.7 Å². The number of anilines is 2. The second-order valence-electron chi connectivity index (χ2n) is 9.99. The molecule has 1 N–H and O–H groups in total. The van der Waals surface area contributed by atoms with Crippen LogP contribution in [0, 0.1) is 23.2 Å². The predicted octanol–water partition coefficient (Wildman–Crippen LogP) is 3.28. The van der Waals surface area contributed by atoms with E-state index >= 15 is 0 Å². The third-order valence-electron chi connectivity index (χ3n) is 7.35.